The maximum Gasteiger partial charge on any atom is 0.253 e. The van der Waals surface area contributed by atoms with Gasteiger partial charge in [0.1, 0.15) is 5.69 Å². The number of nitrogens with zero attached hydrogens (tertiary/aromatic N) is 1. The summed E-state index contributed by atoms with van der Waals surface area (Å²) in [5, 5.41) is 2.34. The molecule has 2 aromatic rings. The first-order valence-corrected chi connectivity index (χ1v) is 6.59. The third-order valence-electron chi connectivity index (χ3n) is 3.04. The molecule has 1 aromatic heterocycles. The maximum atomic E-state index is 13.5. The normalized spacial score (nSPS) is 10.7. The highest BCUT2D eigenvalue weighted by molar-refractivity contribution is 5.60. The SMILES string of the molecule is CCCCc1ccc(Nc2c(F)c(F)nc(F)c2F)cc1. The Kier molecular flexibility index (Phi) is 4.77. The highest BCUT2D eigenvalue weighted by Crippen LogP contribution is 2.26. The molecule has 0 atom stereocenters. The predicted octanol–water partition coefficient (Wildman–Crippen LogP) is 4.72. The Balaban J connectivity index is 2.22. The number of hydrogen-bond donors (Lipinski definition) is 1. The average molecular weight is 298 g/mol. The molecule has 0 aliphatic heterocycles. The number of rotatable bonds is 5. The number of unbranched alkanes of at least 4 members (excludes halogenated alkanes) is 1. The fraction of sp³-hybridized carbons (Fsp3) is 0.267. The Bertz CT molecular complexity index is 600. The summed E-state index contributed by atoms with van der Waals surface area (Å²) in [5.74, 6) is -6.47. The molecule has 1 N–H and O–H groups in total. The van der Waals surface area contributed by atoms with E-state index in [1.165, 1.54) is 0 Å². The number of anilines is 2. The first kappa shape index (κ1) is 15.3. The van der Waals surface area contributed by atoms with Crippen molar-refractivity contribution >= 4 is 11.4 Å². The molecule has 112 valence electrons. The zero-order valence-corrected chi connectivity index (χ0v) is 11.4. The monoisotopic (exact) mass is 298 g/mol. The molecule has 2 nitrogen and oxygen atoms in total. The van der Waals surface area contributed by atoms with E-state index in [1.54, 1.807) is 24.3 Å². The van der Waals surface area contributed by atoms with Gasteiger partial charge in [0.05, 0.1) is 0 Å². The molecule has 21 heavy (non-hydrogen) atoms. The lowest BCUT2D eigenvalue weighted by Gasteiger charge is -2.10. The first-order chi connectivity index (χ1) is 10.0. The minimum atomic E-state index is -1.68. The minimum Gasteiger partial charge on any atom is -0.350 e. The maximum absolute atomic E-state index is 13.5. The second kappa shape index (κ2) is 6.56. The highest BCUT2D eigenvalue weighted by Gasteiger charge is 2.20. The van der Waals surface area contributed by atoms with Crippen molar-refractivity contribution in [3.63, 3.8) is 0 Å². The van der Waals surface area contributed by atoms with Crippen LogP contribution in [0.15, 0.2) is 24.3 Å². The number of benzene rings is 1. The molecule has 0 saturated carbocycles. The molecule has 0 radical (unpaired) electrons. The van der Waals surface area contributed by atoms with Crippen molar-refractivity contribution in [3.05, 3.63) is 53.4 Å². The molecule has 1 heterocycles. The van der Waals surface area contributed by atoms with Gasteiger partial charge in [-0.2, -0.15) is 22.5 Å². The van der Waals surface area contributed by atoms with Crippen LogP contribution in [0.25, 0.3) is 0 Å². The van der Waals surface area contributed by atoms with Crippen molar-refractivity contribution in [2.45, 2.75) is 26.2 Å². The van der Waals surface area contributed by atoms with E-state index in [-0.39, 0.29) is 0 Å². The highest BCUT2D eigenvalue weighted by atomic mass is 19.2. The van der Waals surface area contributed by atoms with Crippen LogP contribution < -0.4 is 5.32 Å². The summed E-state index contributed by atoms with van der Waals surface area (Å²) in [7, 11) is 0. The third-order valence-corrected chi connectivity index (χ3v) is 3.04. The predicted molar refractivity (Wildman–Crippen MR) is 72.4 cm³/mol. The van der Waals surface area contributed by atoms with Gasteiger partial charge in [0.25, 0.3) is 11.9 Å². The quantitative estimate of drug-likeness (QED) is 0.638. The Morgan fingerprint density at radius 1 is 0.952 bits per heavy atom. The molecule has 0 unspecified atom stereocenters. The smallest absolute Gasteiger partial charge is 0.253 e. The summed E-state index contributed by atoms with van der Waals surface area (Å²) < 4.78 is 52.9. The van der Waals surface area contributed by atoms with E-state index >= 15 is 0 Å². The summed E-state index contributed by atoms with van der Waals surface area (Å²) in [6.45, 7) is 2.08. The summed E-state index contributed by atoms with van der Waals surface area (Å²) in [4.78, 5) is 2.50. The topological polar surface area (TPSA) is 24.9 Å². The molecule has 0 bridgehead atoms. The van der Waals surface area contributed by atoms with Crippen LogP contribution in [0.2, 0.25) is 0 Å². The van der Waals surface area contributed by atoms with Gasteiger partial charge < -0.3 is 5.32 Å². The van der Waals surface area contributed by atoms with Crippen LogP contribution in [0, 0.1) is 23.5 Å². The zero-order chi connectivity index (χ0) is 15.4. The van der Waals surface area contributed by atoms with Crippen LogP contribution in [0.4, 0.5) is 28.9 Å². The largest absolute Gasteiger partial charge is 0.350 e. The number of pyridine rings is 1. The third kappa shape index (κ3) is 3.51. The Morgan fingerprint density at radius 2 is 1.52 bits per heavy atom. The Labute approximate surface area is 119 Å². The molecule has 0 spiro atoms. The molecule has 0 fully saturated rings. The van der Waals surface area contributed by atoms with Crippen molar-refractivity contribution in [1.29, 1.82) is 0 Å². The Hall–Kier alpha value is -2.11. The molecule has 0 saturated heterocycles. The number of halogens is 4. The minimum absolute atomic E-state index is 0.332. The van der Waals surface area contributed by atoms with Gasteiger partial charge in [-0.3, -0.25) is 0 Å². The lowest BCUT2D eigenvalue weighted by atomic mass is 10.1. The zero-order valence-electron chi connectivity index (χ0n) is 11.4. The lowest BCUT2D eigenvalue weighted by Crippen LogP contribution is -2.06. The van der Waals surface area contributed by atoms with Crippen LogP contribution in [0.3, 0.4) is 0 Å². The molecular formula is C15H14F4N2. The second-order valence-electron chi connectivity index (χ2n) is 4.62. The molecule has 2 rings (SSSR count). The molecule has 0 amide bonds. The van der Waals surface area contributed by atoms with Crippen molar-refractivity contribution in [2.75, 3.05) is 5.32 Å². The summed E-state index contributed by atoms with van der Waals surface area (Å²) in [5.41, 5.74) is 0.523. The van der Waals surface area contributed by atoms with Crippen LogP contribution in [-0.2, 0) is 6.42 Å². The van der Waals surface area contributed by atoms with E-state index in [9.17, 15) is 17.6 Å². The van der Waals surface area contributed by atoms with Gasteiger partial charge >= 0.3 is 0 Å². The van der Waals surface area contributed by atoms with Crippen LogP contribution in [0.5, 0.6) is 0 Å². The molecule has 0 aliphatic carbocycles. The van der Waals surface area contributed by atoms with Crippen molar-refractivity contribution in [2.24, 2.45) is 0 Å². The molecule has 6 heteroatoms. The van der Waals surface area contributed by atoms with Gasteiger partial charge in [0.2, 0.25) is 11.6 Å². The summed E-state index contributed by atoms with van der Waals surface area (Å²) >= 11 is 0. The standard InChI is InChI=1S/C15H14F4N2/c1-2-3-4-9-5-7-10(8-6-9)20-13-11(16)14(18)21-15(19)12(13)17/h5-8H,2-4H2,1H3,(H,20,21). The van der Waals surface area contributed by atoms with E-state index < -0.39 is 29.2 Å². The van der Waals surface area contributed by atoms with E-state index in [0.29, 0.717) is 5.69 Å². The van der Waals surface area contributed by atoms with Crippen molar-refractivity contribution in [3.8, 4) is 0 Å². The number of aromatic nitrogens is 1. The van der Waals surface area contributed by atoms with Crippen LogP contribution in [-0.4, -0.2) is 4.98 Å². The van der Waals surface area contributed by atoms with E-state index in [4.69, 9.17) is 0 Å². The molecular weight excluding hydrogens is 284 g/mol. The fourth-order valence-corrected chi connectivity index (χ4v) is 1.88. The van der Waals surface area contributed by atoms with Gasteiger partial charge in [-0.05, 0) is 30.5 Å². The van der Waals surface area contributed by atoms with Gasteiger partial charge in [0.15, 0.2) is 0 Å². The molecule has 1 aromatic carbocycles. The fourth-order valence-electron chi connectivity index (χ4n) is 1.88. The van der Waals surface area contributed by atoms with Crippen LogP contribution >= 0.6 is 0 Å². The number of hydrogen-bond acceptors (Lipinski definition) is 2. The number of aryl methyl sites for hydroxylation is 1. The Morgan fingerprint density at radius 3 is 2.05 bits per heavy atom. The summed E-state index contributed by atoms with van der Waals surface area (Å²) in [6, 6.07) is 6.78. The van der Waals surface area contributed by atoms with Gasteiger partial charge in [-0.1, -0.05) is 25.5 Å². The van der Waals surface area contributed by atoms with Gasteiger partial charge in [0, 0.05) is 5.69 Å². The van der Waals surface area contributed by atoms with E-state index in [0.717, 1.165) is 24.8 Å². The van der Waals surface area contributed by atoms with E-state index in [2.05, 4.69) is 17.2 Å². The van der Waals surface area contributed by atoms with Crippen molar-refractivity contribution in [1.82, 2.24) is 4.98 Å². The second-order valence-corrected chi connectivity index (χ2v) is 4.62. The summed E-state index contributed by atoms with van der Waals surface area (Å²) in [6.07, 6.45) is 3.00. The average Bonchev–Trinajstić information content (AvgIpc) is 2.49. The lowest BCUT2D eigenvalue weighted by molar-refractivity contribution is 0.411. The molecule has 0 aliphatic rings. The first-order valence-electron chi connectivity index (χ1n) is 6.59. The van der Waals surface area contributed by atoms with E-state index in [1.807, 2.05) is 0 Å². The van der Waals surface area contributed by atoms with Gasteiger partial charge in [-0.25, -0.2) is 0 Å². The van der Waals surface area contributed by atoms with Crippen LogP contribution in [0.1, 0.15) is 25.3 Å². The number of nitrogens with one attached hydrogen (secondary N) is 1. The van der Waals surface area contributed by atoms with Crippen molar-refractivity contribution < 1.29 is 17.6 Å². The van der Waals surface area contributed by atoms with Gasteiger partial charge in [-0.15, -0.1) is 0 Å².